The van der Waals surface area contributed by atoms with Gasteiger partial charge in [0.1, 0.15) is 34.3 Å². The Kier molecular flexibility index (Phi) is 6.79. The summed E-state index contributed by atoms with van der Waals surface area (Å²) in [7, 11) is 2.70. The molecule has 12 heteroatoms. The molecule has 0 aliphatic rings. The van der Waals surface area contributed by atoms with Crippen LogP contribution in [-0.2, 0) is 17.8 Å². The normalized spacial score (nSPS) is 11.3. The van der Waals surface area contributed by atoms with Crippen LogP contribution in [0.25, 0.3) is 33.6 Å². The monoisotopic (exact) mass is 522 g/mol. The van der Waals surface area contributed by atoms with Crippen molar-refractivity contribution in [2.24, 2.45) is 0 Å². The summed E-state index contributed by atoms with van der Waals surface area (Å²) in [6.45, 7) is 2.04. The molecular weight excluding hydrogens is 499 g/mol. The second kappa shape index (κ2) is 10.3. The summed E-state index contributed by atoms with van der Waals surface area (Å²) in [6, 6.07) is 9.61. The van der Waals surface area contributed by atoms with Crippen LogP contribution in [0.2, 0.25) is 0 Å². The highest BCUT2D eigenvalue weighted by Crippen LogP contribution is 2.50. The molecule has 3 heterocycles. The fraction of sp³-hybridized carbons (Fsp3) is 0.231. The summed E-state index contributed by atoms with van der Waals surface area (Å²) in [5.41, 5.74) is 1.41. The zero-order valence-electron chi connectivity index (χ0n) is 20.7. The van der Waals surface area contributed by atoms with E-state index in [-0.39, 0.29) is 58.7 Å². The number of hydrogen-bond donors (Lipinski definition) is 2. The third kappa shape index (κ3) is 4.45. The first-order chi connectivity index (χ1) is 18.4. The Labute approximate surface area is 215 Å². The summed E-state index contributed by atoms with van der Waals surface area (Å²) < 4.78 is 41.6. The van der Waals surface area contributed by atoms with Gasteiger partial charge in [-0.05, 0) is 19.1 Å². The van der Waals surface area contributed by atoms with E-state index in [2.05, 4.69) is 20.3 Å². The highest BCUT2D eigenvalue weighted by Gasteiger charge is 2.29. The second-order valence-electron chi connectivity index (χ2n) is 8.11. The maximum atomic E-state index is 14.2. The van der Waals surface area contributed by atoms with Crippen LogP contribution >= 0.6 is 0 Å². The molecule has 0 spiro atoms. The molecule has 0 radical (unpaired) electrons. The molecule has 0 saturated heterocycles. The number of nitrogens with zero attached hydrogens (tertiary/aromatic N) is 4. The van der Waals surface area contributed by atoms with Gasteiger partial charge in [-0.1, -0.05) is 17.3 Å². The molecule has 5 aromatic rings. The van der Waals surface area contributed by atoms with Crippen LogP contribution in [0.4, 0.5) is 4.39 Å². The Morgan fingerprint density at radius 3 is 2.39 bits per heavy atom. The number of ether oxygens (including phenoxy) is 3. The highest BCUT2D eigenvalue weighted by atomic mass is 19.1. The van der Waals surface area contributed by atoms with Gasteiger partial charge in [0, 0.05) is 24.1 Å². The molecule has 5 rings (SSSR count). The molecule has 0 unspecified atom stereocenters. The molecule has 0 aliphatic heterocycles. The predicted molar refractivity (Wildman–Crippen MR) is 132 cm³/mol. The summed E-state index contributed by atoms with van der Waals surface area (Å²) in [5, 5.41) is 35.1. The van der Waals surface area contributed by atoms with Gasteiger partial charge in [-0.2, -0.15) is 0 Å². The van der Waals surface area contributed by atoms with Gasteiger partial charge >= 0.3 is 0 Å². The smallest absolute Gasteiger partial charge is 0.257 e. The Hall–Kier alpha value is -4.71. The minimum atomic E-state index is -0.609. The molecular formula is C26H23FN4O7. The van der Waals surface area contributed by atoms with Crippen LogP contribution in [0.15, 0.2) is 45.3 Å². The van der Waals surface area contributed by atoms with E-state index in [1.807, 2.05) is 18.2 Å². The maximum absolute atomic E-state index is 14.2. The lowest BCUT2D eigenvalue weighted by Crippen LogP contribution is -2.04. The SMILES string of the molecule is CCOCc1nc(O)c(-c2nnc(Cc3noc4ccccc34)o2)c(O)c1-c1c(OC)cc(F)cc1OC. The van der Waals surface area contributed by atoms with Crippen molar-refractivity contribution in [1.29, 1.82) is 0 Å². The fourth-order valence-electron chi connectivity index (χ4n) is 4.13. The Balaban J connectivity index is 1.63. The van der Waals surface area contributed by atoms with Gasteiger partial charge in [0.2, 0.25) is 11.8 Å². The highest BCUT2D eigenvalue weighted by molar-refractivity contribution is 5.88. The number of pyridine rings is 1. The molecule has 0 atom stereocenters. The number of aromatic nitrogens is 4. The van der Waals surface area contributed by atoms with E-state index < -0.39 is 17.4 Å². The number of methoxy groups -OCH3 is 2. The van der Waals surface area contributed by atoms with Crippen LogP contribution in [0.1, 0.15) is 24.2 Å². The van der Waals surface area contributed by atoms with Crippen molar-refractivity contribution in [3.8, 4) is 45.7 Å². The standard InChI is InChI=1S/C26H23FN4O7/c1-4-36-12-16-21(22-18(34-2)9-13(27)10-19(22)35-3)24(32)23(25(33)28-16)26-30-29-20(37-26)11-15-14-7-5-6-8-17(14)38-31-15/h5-10H,4,11-12H2,1-3H3,(H2,28,32,33). The van der Waals surface area contributed by atoms with Crippen molar-refractivity contribution in [2.45, 2.75) is 20.0 Å². The minimum Gasteiger partial charge on any atom is -0.506 e. The number of benzene rings is 2. The second-order valence-corrected chi connectivity index (χ2v) is 8.11. The van der Waals surface area contributed by atoms with E-state index in [4.69, 9.17) is 23.2 Å². The van der Waals surface area contributed by atoms with Gasteiger partial charge < -0.3 is 33.4 Å². The summed E-state index contributed by atoms with van der Waals surface area (Å²) in [4.78, 5) is 4.23. The summed E-state index contributed by atoms with van der Waals surface area (Å²) in [6.07, 6.45) is 0.147. The molecule has 0 amide bonds. The molecule has 0 saturated carbocycles. The van der Waals surface area contributed by atoms with Crippen molar-refractivity contribution in [2.75, 3.05) is 20.8 Å². The average Bonchev–Trinajstić information content (AvgIpc) is 3.54. The van der Waals surface area contributed by atoms with Crippen molar-refractivity contribution in [3.05, 3.63) is 59.5 Å². The zero-order chi connectivity index (χ0) is 26.8. The van der Waals surface area contributed by atoms with Gasteiger partial charge in [-0.25, -0.2) is 9.37 Å². The van der Waals surface area contributed by atoms with E-state index in [9.17, 15) is 14.6 Å². The van der Waals surface area contributed by atoms with Gasteiger partial charge in [-0.15, -0.1) is 10.2 Å². The molecule has 2 aromatic carbocycles. The number of para-hydroxylation sites is 1. The molecule has 0 bridgehead atoms. The number of fused-ring (bicyclic) bond motifs is 1. The van der Waals surface area contributed by atoms with E-state index in [0.717, 1.165) is 17.5 Å². The quantitative estimate of drug-likeness (QED) is 0.279. The molecule has 38 heavy (non-hydrogen) atoms. The van der Waals surface area contributed by atoms with Crippen LogP contribution in [0.5, 0.6) is 23.1 Å². The van der Waals surface area contributed by atoms with Crippen LogP contribution < -0.4 is 9.47 Å². The van der Waals surface area contributed by atoms with Crippen LogP contribution in [-0.4, -0.2) is 51.4 Å². The van der Waals surface area contributed by atoms with Crippen molar-refractivity contribution < 1.29 is 37.8 Å². The molecule has 0 aliphatic carbocycles. The van der Waals surface area contributed by atoms with E-state index >= 15 is 0 Å². The van der Waals surface area contributed by atoms with Gasteiger partial charge in [0.05, 0.1) is 44.1 Å². The predicted octanol–water partition coefficient (Wildman–Crippen LogP) is 4.63. The zero-order valence-corrected chi connectivity index (χ0v) is 20.7. The Morgan fingerprint density at radius 2 is 1.68 bits per heavy atom. The van der Waals surface area contributed by atoms with E-state index in [1.165, 1.54) is 14.2 Å². The molecule has 0 fully saturated rings. The number of halogens is 1. The lowest BCUT2D eigenvalue weighted by molar-refractivity contribution is 0.131. The van der Waals surface area contributed by atoms with Crippen LogP contribution in [0, 0.1) is 5.82 Å². The molecule has 3 aromatic heterocycles. The molecule has 11 nitrogen and oxygen atoms in total. The van der Waals surface area contributed by atoms with Gasteiger partial charge in [0.15, 0.2) is 5.58 Å². The van der Waals surface area contributed by atoms with Crippen molar-refractivity contribution >= 4 is 11.0 Å². The number of rotatable bonds is 9. The number of hydrogen-bond acceptors (Lipinski definition) is 11. The number of aromatic hydroxyl groups is 2. The first-order valence-electron chi connectivity index (χ1n) is 11.6. The first-order valence-corrected chi connectivity index (χ1v) is 11.6. The Bertz CT molecular complexity index is 1590. The van der Waals surface area contributed by atoms with Crippen molar-refractivity contribution in [3.63, 3.8) is 0 Å². The Morgan fingerprint density at radius 1 is 0.947 bits per heavy atom. The third-order valence-corrected chi connectivity index (χ3v) is 5.84. The maximum Gasteiger partial charge on any atom is 0.257 e. The van der Waals surface area contributed by atoms with E-state index in [0.29, 0.717) is 17.9 Å². The lowest BCUT2D eigenvalue weighted by atomic mass is 9.97. The molecule has 196 valence electrons. The van der Waals surface area contributed by atoms with E-state index in [1.54, 1.807) is 13.0 Å². The topological polar surface area (TPSA) is 146 Å². The lowest BCUT2D eigenvalue weighted by Gasteiger charge is -2.19. The van der Waals surface area contributed by atoms with Gasteiger partial charge in [-0.3, -0.25) is 0 Å². The first kappa shape index (κ1) is 25.0. The summed E-state index contributed by atoms with van der Waals surface area (Å²) >= 11 is 0. The largest absolute Gasteiger partial charge is 0.506 e. The minimum absolute atomic E-state index is 0.0671. The fourth-order valence-corrected chi connectivity index (χ4v) is 4.13. The average molecular weight is 522 g/mol. The third-order valence-electron chi connectivity index (χ3n) is 5.84. The van der Waals surface area contributed by atoms with Crippen LogP contribution in [0.3, 0.4) is 0 Å². The summed E-state index contributed by atoms with van der Waals surface area (Å²) in [5.74, 6) is -1.54. The molecule has 2 N–H and O–H groups in total. The van der Waals surface area contributed by atoms with Crippen molar-refractivity contribution in [1.82, 2.24) is 20.3 Å². The van der Waals surface area contributed by atoms with Gasteiger partial charge in [0.25, 0.3) is 5.89 Å².